The van der Waals surface area contributed by atoms with Crippen molar-refractivity contribution < 1.29 is 13.0 Å². The number of rotatable bonds is 1. The van der Waals surface area contributed by atoms with E-state index in [0.717, 1.165) is 5.56 Å². The predicted molar refractivity (Wildman–Crippen MR) is 57.2 cm³/mol. The van der Waals surface area contributed by atoms with Crippen molar-refractivity contribution in [3.63, 3.8) is 0 Å². The van der Waals surface area contributed by atoms with E-state index in [-0.39, 0.29) is 10.6 Å². The Labute approximate surface area is 88.2 Å². The van der Waals surface area contributed by atoms with Crippen molar-refractivity contribution in [1.82, 2.24) is 0 Å². The number of fused-ring (bicyclic) bond motifs is 1. The second-order valence-corrected chi connectivity index (χ2v) is 4.83. The lowest BCUT2D eigenvalue weighted by atomic mass is 9.96. The lowest BCUT2D eigenvalue weighted by Crippen LogP contribution is -2.11. The maximum atomic E-state index is 11.2. The molecular weight excluding hydrogens is 214 g/mol. The summed E-state index contributed by atoms with van der Waals surface area (Å²) in [6.07, 6.45) is 5.01. The molecule has 0 radical (unpaired) electrons. The average molecular weight is 225 g/mol. The first-order valence-electron chi connectivity index (χ1n) is 4.53. The second-order valence-electron chi connectivity index (χ2n) is 3.48. The van der Waals surface area contributed by atoms with Crippen LogP contribution in [0, 0.1) is 0 Å². The third kappa shape index (κ3) is 1.75. The van der Waals surface area contributed by atoms with Crippen molar-refractivity contribution in [2.45, 2.75) is 17.7 Å². The summed E-state index contributed by atoms with van der Waals surface area (Å²) in [5.41, 5.74) is 7.18. The highest BCUT2D eigenvalue weighted by Gasteiger charge is 2.21. The summed E-state index contributed by atoms with van der Waals surface area (Å²) >= 11 is 0. The molecular formula is C10H11NO3S. The Morgan fingerprint density at radius 2 is 1.87 bits per heavy atom. The first-order chi connectivity index (χ1) is 7.00. The molecule has 0 aromatic heterocycles. The molecule has 0 saturated carbocycles. The van der Waals surface area contributed by atoms with E-state index in [2.05, 4.69) is 0 Å². The molecule has 4 nitrogen and oxygen atoms in total. The molecule has 0 unspecified atom stereocenters. The highest BCUT2D eigenvalue weighted by atomic mass is 32.2. The summed E-state index contributed by atoms with van der Waals surface area (Å²) in [6.45, 7) is 0. The number of benzene rings is 1. The van der Waals surface area contributed by atoms with Crippen LogP contribution in [-0.2, 0) is 23.0 Å². The lowest BCUT2D eigenvalue weighted by molar-refractivity contribution is 0.482. The van der Waals surface area contributed by atoms with Crippen LogP contribution in [0.25, 0.3) is 0 Å². The van der Waals surface area contributed by atoms with Crippen LogP contribution in [0.4, 0.5) is 5.69 Å². The lowest BCUT2D eigenvalue weighted by Gasteiger charge is -2.15. The fourth-order valence-electron chi connectivity index (χ4n) is 1.82. The van der Waals surface area contributed by atoms with Crippen LogP contribution in [0.5, 0.6) is 0 Å². The normalized spacial score (nSPS) is 15.0. The van der Waals surface area contributed by atoms with Gasteiger partial charge in [-0.05, 0) is 30.0 Å². The molecule has 0 bridgehead atoms. The van der Waals surface area contributed by atoms with Gasteiger partial charge in [0.1, 0.15) is 4.90 Å². The monoisotopic (exact) mass is 225 g/mol. The van der Waals surface area contributed by atoms with Gasteiger partial charge in [0.2, 0.25) is 0 Å². The molecule has 1 aliphatic carbocycles. The quantitative estimate of drug-likeness (QED) is 0.427. The van der Waals surface area contributed by atoms with Gasteiger partial charge >= 0.3 is 0 Å². The fourth-order valence-corrected chi connectivity index (χ4v) is 2.71. The molecule has 0 aliphatic heterocycles. The molecule has 0 saturated heterocycles. The molecule has 2 rings (SSSR count). The molecule has 0 heterocycles. The summed E-state index contributed by atoms with van der Waals surface area (Å²) in [7, 11) is -4.23. The zero-order chi connectivity index (χ0) is 11.1. The zero-order valence-electron chi connectivity index (χ0n) is 7.97. The van der Waals surface area contributed by atoms with Crippen LogP contribution in [-0.4, -0.2) is 13.0 Å². The minimum Gasteiger partial charge on any atom is -0.398 e. The smallest absolute Gasteiger partial charge is 0.296 e. The van der Waals surface area contributed by atoms with Gasteiger partial charge in [-0.2, -0.15) is 8.42 Å². The van der Waals surface area contributed by atoms with Crippen LogP contribution < -0.4 is 5.73 Å². The van der Waals surface area contributed by atoms with Crippen LogP contribution in [0.3, 0.4) is 0 Å². The summed E-state index contributed by atoms with van der Waals surface area (Å²) in [5.74, 6) is 0. The number of allylic oxidation sites excluding steroid dienone is 2. The van der Waals surface area contributed by atoms with Gasteiger partial charge in [-0.25, -0.2) is 0 Å². The maximum Gasteiger partial charge on any atom is 0.296 e. The number of nitrogen functional groups attached to an aromatic ring is 1. The Morgan fingerprint density at radius 1 is 1.20 bits per heavy atom. The fraction of sp³-hybridized carbons (Fsp3) is 0.200. The molecule has 0 spiro atoms. The minimum absolute atomic E-state index is 0.103. The van der Waals surface area contributed by atoms with Gasteiger partial charge in [-0.3, -0.25) is 4.55 Å². The topological polar surface area (TPSA) is 80.4 Å². The SMILES string of the molecule is Nc1ccc2c(c1S(=O)(=O)O)CC=CC2. The third-order valence-corrected chi connectivity index (χ3v) is 3.47. The highest BCUT2D eigenvalue weighted by Crippen LogP contribution is 2.29. The molecule has 1 aliphatic rings. The Hall–Kier alpha value is -1.33. The van der Waals surface area contributed by atoms with Gasteiger partial charge in [0.25, 0.3) is 10.1 Å². The van der Waals surface area contributed by atoms with Crippen molar-refractivity contribution in [2.75, 3.05) is 5.73 Å². The van der Waals surface area contributed by atoms with Crippen LogP contribution in [0.2, 0.25) is 0 Å². The first kappa shape index (κ1) is 10.2. The van der Waals surface area contributed by atoms with Crippen molar-refractivity contribution in [3.05, 3.63) is 35.4 Å². The Kier molecular flexibility index (Phi) is 2.28. The van der Waals surface area contributed by atoms with Crippen LogP contribution in [0.15, 0.2) is 29.2 Å². The Morgan fingerprint density at radius 3 is 2.53 bits per heavy atom. The summed E-state index contributed by atoms with van der Waals surface area (Å²) < 4.78 is 31.4. The largest absolute Gasteiger partial charge is 0.398 e. The maximum absolute atomic E-state index is 11.2. The second kappa shape index (κ2) is 3.36. The molecule has 0 fully saturated rings. The van der Waals surface area contributed by atoms with Gasteiger partial charge in [-0.1, -0.05) is 18.2 Å². The van der Waals surface area contributed by atoms with E-state index in [9.17, 15) is 8.42 Å². The number of hydrogen-bond acceptors (Lipinski definition) is 3. The molecule has 15 heavy (non-hydrogen) atoms. The minimum atomic E-state index is -4.23. The van der Waals surface area contributed by atoms with Crippen molar-refractivity contribution in [3.8, 4) is 0 Å². The number of anilines is 1. The predicted octanol–water partition coefficient (Wildman–Crippen LogP) is 1.17. The van der Waals surface area contributed by atoms with Gasteiger partial charge in [-0.15, -0.1) is 0 Å². The highest BCUT2D eigenvalue weighted by molar-refractivity contribution is 7.86. The van der Waals surface area contributed by atoms with E-state index in [1.54, 1.807) is 6.07 Å². The van der Waals surface area contributed by atoms with E-state index in [4.69, 9.17) is 10.3 Å². The molecule has 80 valence electrons. The summed E-state index contributed by atoms with van der Waals surface area (Å²) in [5, 5.41) is 0. The van der Waals surface area contributed by atoms with E-state index in [0.29, 0.717) is 18.4 Å². The Bertz CT molecular complexity index is 532. The first-order valence-corrected chi connectivity index (χ1v) is 5.97. The molecule has 1 aromatic rings. The standard InChI is InChI=1S/C10H11NO3S/c11-9-6-5-7-3-1-2-4-8(7)10(9)15(12,13)14/h1-2,5-6H,3-4,11H2,(H,12,13,14). The van der Waals surface area contributed by atoms with Gasteiger partial charge in [0.15, 0.2) is 0 Å². The van der Waals surface area contributed by atoms with E-state index >= 15 is 0 Å². The molecule has 3 N–H and O–H groups in total. The molecule has 1 aromatic carbocycles. The zero-order valence-corrected chi connectivity index (χ0v) is 8.79. The van der Waals surface area contributed by atoms with Gasteiger partial charge in [0.05, 0.1) is 5.69 Å². The summed E-state index contributed by atoms with van der Waals surface area (Å²) in [4.78, 5) is -0.135. The molecule has 0 atom stereocenters. The number of nitrogens with two attached hydrogens (primary N) is 1. The third-order valence-electron chi connectivity index (χ3n) is 2.47. The van der Waals surface area contributed by atoms with E-state index in [1.165, 1.54) is 6.07 Å². The Balaban J connectivity index is 2.74. The van der Waals surface area contributed by atoms with Crippen molar-refractivity contribution in [2.24, 2.45) is 0 Å². The van der Waals surface area contributed by atoms with E-state index in [1.807, 2.05) is 12.2 Å². The van der Waals surface area contributed by atoms with E-state index < -0.39 is 10.1 Å². The molecule has 0 amide bonds. The van der Waals surface area contributed by atoms with Crippen LogP contribution in [0.1, 0.15) is 11.1 Å². The molecule has 5 heteroatoms. The van der Waals surface area contributed by atoms with Crippen molar-refractivity contribution >= 4 is 15.8 Å². The average Bonchev–Trinajstić information content (AvgIpc) is 2.15. The van der Waals surface area contributed by atoms with Crippen LogP contribution >= 0.6 is 0 Å². The van der Waals surface area contributed by atoms with Crippen molar-refractivity contribution in [1.29, 1.82) is 0 Å². The van der Waals surface area contributed by atoms with Gasteiger partial charge in [0, 0.05) is 0 Å². The van der Waals surface area contributed by atoms with Gasteiger partial charge < -0.3 is 5.73 Å². The summed E-state index contributed by atoms with van der Waals surface area (Å²) in [6, 6.07) is 3.31. The number of hydrogen-bond donors (Lipinski definition) is 2.